The first kappa shape index (κ1) is 29.5. The molecule has 1 aliphatic heterocycles. The molecule has 3 aromatic rings. The van der Waals surface area contributed by atoms with E-state index in [0.717, 1.165) is 22.4 Å². The molecule has 0 radical (unpaired) electrons. The maximum Gasteiger partial charge on any atom is 0.249 e. The van der Waals surface area contributed by atoms with E-state index in [0.29, 0.717) is 24.9 Å². The summed E-state index contributed by atoms with van der Waals surface area (Å²) >= 11 is 0. The lowest BCUT2D eigenvalue weighted by molar-refractivity contribution is -0.130. The van der Waals surface area contributed by atoms with Crippen LogP contribution in [0.3, 0.4) is 0 Å². The number of amides is 2. The van der Waals surface area contributed by atoms with Crippen LogP contribution in [0, 0.1) is 0 Å². The smallest absolute Gasteiger partial charge is 0.249 e. The minimum absolute atomic E-state index is 0.198. The topological polar surface area (TPSA) is 122 Å². The Morgan fingerprint density at radius 2 is 1.57 bits per heavy atom. The van der Waals surface area contributed by atoms with Gasteiger partial charge in [0.1, 0.15) is 6.04 Å². The summed E-state index contributed by atoms with van der Waals surface area (Å²) in [4.78, 5) is 28.3. The zero-order valence-electron chi connectivity index (χ0n) is 23.7. The average Bonchev–Trinajstić information content (AvgIpc) is 3.00. The summed E-state index contributed by atoms with van der Waals surface area (Å²) in [6.07, 6.45) is 1.11. The number of anilines is 1. The van der Waals surface area contributed by atoms with Gasteiger partial charge in [-0.3, -0.25) is 9.59 Å². The second-order valence-corrected chi connectivity index (χ2v) is 13.5. The molecule has 0 fully saturated rings. The van der Waals surface area contributed by atoms with E-state index < -0.39 is 27.1 Å². The first-order valence-corrected chi connectivity index (χ1v) is 14.9. The molecule has 1 atom stereocenters. The van der Waals surface area contributed by atoms with Crippen molar-refractivity contribution in [3.63, 3.8) is 0 Å². The molecule has 8 nitrogen and oxygen atoms in total. The number of benzene rings is 3. The summed E-state index contributed by atoms with van der Waals surface area (Å²) in [5, 5.41) is 2.85. The maximum absolute atomic E-state index is 13.7. The van der Waals surface area contributed by atoms with Gasteiger partial charge < -0.3 is 16.0 Å². The molecule has 0 aliphatic carbocycles. The van der Waals surface area contributed by atoms with Gasteiger partial charge in [-0.05, 0) is 76.3 Å². The van der Waals surface area contributed by atoms with Crippen molar-refractivity contribution in [2.24, 2.45) is 5.73 Å². The minimum atomic E-state index is -3.75. The molecule has 4 rings (SSSR count). The lowest BCUT2D eigenvalue weighted by atomic mass is 10.0. The van der Waals surface area contributed by atoms with Gasteiger partial charge in [0.05, 0.1) is 17.0 Å². The lowest BCUT2D eigenvalue weighted by Crippen LogP contribution is -2.56. The van der Waals surface area contributed by atoms with Crippen molar-refractivity contribution in [1.29, 1.82) is 0 Å². The Bertz CT molecular complexity index is 1500. The molecule has 4 N–H and O–H groups in total. The van der Waals surface area contributed by atoms with Gasteiger partial charge in [0.25, 0.3) is 0 Å². The summed E-state index contributed by atoms with van der Waals surface area (Å²) in [7, 11) is -3.75. The van der Waals surface area contributed by atoms with Crippen molar-refractivity contribution in [3.8, 4) is 11.1 Å². The number of para-hydroxylation sites is 1. The third-order valence-electron chi connectivity index (χ3n) is 6.66. The molecule has 212 valence electrons. The van der Waals surface area contributed by atoms with E-state index in [1.54, 1.807) is 57.7 Å². The number of sulfonamides is 1. The largest absolute Gasteiger partial charge is 0.343 e. The fourth-order valence-corrected chi connectivity index (χ4v) is 6.38. The second kappa shape index (κ2) is 11.2. The zero-order chi connectivity index (χ0) is 29.3. The maximum atomic E-state index is 13.7. The predicted molar refractivity (Wildman–Crippen MR) is 158 cm³/mol. The molecular weight excluding hydrogens is 524 g/mol. The molecule has 0 saturated heterocycles. The molecule has 40 heavy (non-hydrogen) atoms. The first-order valence-electron chi connectivity index (χ1n) is 13.4. The standard InChI is InChI=1S/C31H38N4O4S/c1-30(2,3)34-40(38,39)27-13-9-7-11-24(27)22-16-14-21(15-17-22)20-35-26-12-8-6-10-23(26)18-19-25(28(35)36)33-29(37)31(4,5)32/h6-17,25,34H,18-20,32H2,1-5H3,(H,33,37)/t25-/m1/s1. The monoisotopic (exact) mass is 562 g/mol. The number of nitrogens with one attached hydrogen (secondary N) is 2. The Balaban J connectivity index is 1.63. The highest BCUT2D eigenvalue weighted by Crippen LogP contribution is 2.31. The van der Waals surface area contributed by atoms with Gasteiger partial charge in [-0.1, -0.05) is 60.7 Å². The summed E-state index contributed by atoms with van der Waals surface area (Å²) in [6.45, 7) is 8.92. The van der Waals surface area contributed by atoms with Gasteiger partial charge >= 0.3 is 0 Å². The van der Waals surface area contributed by atoms with Crippen LogP contribution in [0.25, 0.3) is 11.1 Å². The molecule has 1 aliphatic rings. The zero-order valence-corrected chi connectivity index (χ0v) is 24.5. The molecular formula is C31H38N4O4S. The summed E-state index contributed by atoms with van der Waals surface area (Å²) in [5.41, 5.74) is 8.29. The molecule has 3 aromatic carbocycles. The van der Waals surface area contributed by atoms with Crippen molar-refractivity contribution >= 4 is 27.5 Å². The van der Waals surface area contributed by atoms with Crippen LogP contribution >= 0.6 is 0 Å². The van der Waals surface area contributed by atoms with Crippen LogP contribution in [0.15, 0.2) is 77.7 Å². The Kier molecular flexibility index (Phi) is 8.21. The SMILES string of the molecule is CC(C)(C)NS(=O)(=O)c1ccccc1-c1ccc(CN2C(=O)[C@H](NC(=O)C(C)(C)N)CCc3ccccc32)cc1. The first-order chi connectivity index (χ1) is 18.7. The van der Waals surface area contributed by atoms with Gasteiger partial charge in [0.15, 0.2) is 0 Å². The van der Waals surface area contributed by atoms with Crippen LogP contribution in [0.1, 0.15) is 52.2 Å². The molecule has 0 saturated carbocycles. The Hall–Kier alpha value is -3.53. The van der Waals surface area contributed by atoms with E-state index in [1.807, 2.05) is 54.6 Å². The second-order valence-electron chi connectivity index (χ2n) is 11.9. The number of rotatable bonds is 7. The van der Waals surface area contributed by atoms with E-state index in [2.05, 4.69) is 10.0 Å². The highest BCUT2D eigenvalue weighted by Gasteiger charge is 2.34. The van der Waals surface area contributed by atoms with E-state index in [9.17, 15) is 18.0 Å². The van der Waals surface area contributed by atoms with Crippen LogP contribution < -0.4 is 20.7 Å². The van der Waals surface area contributed by atoms with Crippen molar-refractivity contribution in [2.75, 3.05) is 4.90 Å². The van der Waals surface area contributed by atoms with Crippen molar-refractivity contribution < 1.29 is 18.0 Å². The quantitative estimate of drug-likeness (QED) is 0.400. The minimum Gasteiger partial charge on any atom is -0.343 e. The summed E-state index contributed by atoms with van der Waals surface area (Å²) in [5.74, 6) is -0.577. The van der Waals surface area contributed by atoms with E-state index in [1.165, 1.54) is 0 Å². The fraction of sp³-hybridized carbons (Fsp3) is 0.355. The fourth-order valence-electron chi connectivity index (χ4n) is 4.73. The number of nitrogens with zero attached hydrogens (tertiary/aromatic N) is 1. The molecule has 0 unspecified atom stereocenters. The van der Waals surface area contributed by atoms with E-state index in [-0.39, 0.29) is 16.7 Å². The number of hydrogen-bond acceptors (Lipinski definition) is 5. The van der Waals surface area contributed by atoms with Gasteiger partial charge in [0, 0.05) is 16.8 Å². The van der Waals surface area contributed by atoms with Crippen LogP contribution in [-0.2, 0) is 32.6 Å². The Labute approximate surface area is 237 Å². The number of carbonyl (C=O) groups excluding carboxylic acids is 2. The van der Waals surface area contributed by atoms with Crippen molar-refractivity contribution in [1.82, 2.24) is 10.0 Å². The van der Waals surface area contributed by atoms with E-state index >= 15 is 0 Å². The lowest BCUT2D eigenvalue weighted by Gasteiger charge is -2.28. The van der Waals surface area contributed by atoms with Crippen LogP contribution in [0.5, 0.6) is 0 Å². The summed E-state index contributed by atoms with van der Waals surface area (Å²) in [6, 6.07) is 21.5. The number of fused-ring (bicyclic) bond motifs is 1. The average molecular weight is 563 g/mol. The third-order valence-corrected chi connectivity index (χ3v) is 8.48. The number of hydrogen-bond donors (Lipinski definition) is 3. The Morgan fingerprint density at radius 3 is 2.23 bits per heavy atom. The van der Waals surface area contributed by atoms with Gasteiger partial charge in [-0.25, -0.2) is 13.1 Å². The Morgan fingerprint density at radius 1 is 0.950 bits per heavy atom. The number of aryl methyl sites for hydroxylation is 1. The number of nitrogens with two attached hydrogens (primary N) is 1. The van der Waals surface area contributed by atoms with Crippen LogP contribution in [0.2, 0.25) is 0 Å². The van der Waals surface area contributed by atoms with Crippen LogP contribution in [0.4, 0.5) is 5.69 Å². The molecule has 0 aromatic heterocycles. The van der Waals surface area contributed by atoms with Crippen molar-refractivity contribution in [2.45, 2.75) is 76.0 Å². The van der Waals surface area contributed by atoms with E-state index in [4.69, 9.17) is 5.73 Å². The molecule has 2 amide bonds. The van der Waals surface area contributed by atoms with Gasteiger partial charge in [0.2, 0.25) is 21.8 Å². The molecule has 1 heterocycles. The van der Waals surface area contributed by atoms with Gasteiger partial charge in [-0.15, -0.1) is 0 Å². The highest BCUT2D eigenvalue weighted by molar-refractivity contribution is 7.89. The highest BCUT2D eigenvalue weighted by atomic mass is 32.2. The third kappa shape index (κ3) is 6.78. The predicted octanol–water partition coefficient (Wildman–Crippen LogP) is 4.13. The summed E-state index contributed by atoms with van der Waals surface area (Å²) < 4.78 is 29.0. The van der Waals surface area contributed by atoms with Crippen molar-refractivity contribution in [3.05, 3.63) is 83.9 Å². The number of carbonyl (C=O) groups is 2. The molecule has 9 heteroatoms. The normalized spacial score (nSPS) is 16.3. The molecule has 0 bridgehead atoms. The molecule has 0 spiro atoms. The van der Waals surface area contributed by atoms with Gasteiger partial charge in [-0.2, -0.15) is 0 Å². The van der Waals surface area contributed by atoms with Crippen LogP contribution in [-0.4, -0.2) is 37.4 Å².